The van der Waals surface area contributed by atoms with E-state index in [-0.39, 0.29) is 0 Å². The van der Waals surface area contributed by atoms with Gasteiger partial charge in [-0.3, -0.25) is 10.1 Å². The molecular weight excluding hydrogens is 466 g/mol. The number of nitrogens with zero attached hydrogens (tertiary/aromatic N) is 6. The van der Waals surface area contributed by atoms with Crippen LogP contribution in [0.5, 0.6) is 0 Å². The lowest BCUT2D eigenvalue weighted by Crippen LogP contribution is -2.48. The zero-order chi connectivity index (χ0) is 24.2. The van der Waals surface area contributed by atoms with Crippen molar-refractivity contribution in [1.29, 1.82) is 0 Å². The Hall–Kier alpha value is -4.03. The smallest absolute Gasteiger partial charge is 0.211 e. The first-order chi connectivity index (χ1) is 16.9. The first-order valence-corrected chi connectivity index (χ1v) is 13.0. The molecule has 35 heavy (non-hydrogen) atoms. The van der Waals surface area contributed by atoms with E-state index >= 15 is 0 Å². The summed E-state index contributed by atoms with van der Waals surface area (Å²) in [5.74, 6) is 0. The van der Waals surface area contributed by atoms with Crippen LogP contribution < -0.4 is 10.6 Å². The molecule has 0 amide bonds. The first kappa shape index (κ1) is 21.5. The number of nitrogens with two attached hydrogens (primary N) is 1. The molecule has 0 unspecified atom stereocenters. The predicted octanol–water partition coefficient (Wildman–Crippen LogP) is 2.23. The molecular formula is C23H23N9O2S. The zero-order valence-electron chi connectivity index (χ0n) is 18.9. The molecule has 1 fully saturated rings. The van der Waals surface area contributed by atoms with Crippen LogP contribution in [0, 0.1) is 0 Å². The van der Waals surface area contributed by atoms with E-state index in [4.69, 9.17) is 10.7 Å². The van der Waals surface area contributed by atoms with Crippen LogP contribution in [-0.2, 0) is 10.0 Å². The van der Waals surface area contributed by atoms with Crippen LogP contribution in [0.3, 0.4) is 0 Å². The van der Waals surface area contributed by atoms with E-state index in [0.717, 1.165) is 44.7 Å². The van der Waals surface area contributed by atoms with Crippen LogP contribution in [0.2, 0.25) is 0 Å². The summed E-state index contributed by atoms with van der Waals surface area (Å²) in [6.07, 6.45) is 6.34. The van der Waals surface area contributed by atoms with Crippen LogP contribution >= 0.6 is 0 Å². The van der Waals surface area contributed by atoms with E-state index < -0.39 is 10.0 Å². The highest BCUT2D eigenvalue weighted by Crippen LogP contribution is 2.33. The highest BCUT2D eigenvalue weighted by molar-refractivity contribution is 7.88. The van der Waals surface area contributed by atoms with E-state index in [1.165, 1.54) is 10.6 Å². The number of anilines is 2. The Morgan fingerprint density at radius 3 is 2.66 bits per heavy atom. The van der Waals surface area contributed by atoms with Gasteiger partial charge in [0.15, 0.2) is 0 Å². The van der Waals surface area contributed by atoms with Crippen LogP contribution in [0.15, 0.2) is 48.9 Å². The molecule has 0 saturated carbocycles. The van der Waals surface area contributed by atoms with Crippen LogP contribution in [0.4, 0.5) is 11.4 Å². The van der Waals surface area contributed by atoms with Gasteiger partial charge in [0.25, 0.3) is 0 Å². The van der Waals surface area contributed by atoms with Gasteiger partial charge >= 0.3 is 0 Å². The number of nitrogen functional groups attached to an aromatic ring is 1. The summed E-state index contributed by atoms with van der Waals surface area (Å²) in [4.78, 5) is 19.1. The third-order valence-corrected chi connectivity index (χ3v) is 7.58. The highest BCUT2D eigenvalue weighted by Gasteiger charge is 2.25. The fraction of sp³-hybridized carbons (Fsp3) is 0.217. The van der Waals surface area contributed by atoms with Gasteiger partial charge in [-0.1, -0.05) is 0 Å². The van der Waals surface area contributed by atoms with Gasteiger partial charge in [-0.15, -0.1) is 0 Å². The van der Waals surface area contributed by atoms with Crippen LogP contribution in [0.1, 0.15) is 0 Å². The second-order valence-corrected chi connectivity index (χ2v) is 10.6. The van der Waals surface area contributed by atoms with Crippen LogP contribution in [0.25, 0.3) is 44.7 Å². The van der Waals surface area contributed by atoms with Crippen LogP contribution in [-0.4, -0.2) is 75.3 Å². The number of aromatic nitrogens is 6. The van der Waals surface area contributed by atoms with Gasteiger partial charge in [0.1, 0.15) is 16.9 Å². The minimum absolute atomic E-state index is 0.454. The summed E-state index contributed by atoms with van der Waals surface area (Å²) in [6.45, 7) is 2.12. The minimum atomic E-state index is -3.19. The van der Waals surface area contributed by atoms with E-state index in [1.807, 2.05) is 30.3 Å². The van der Waals surface area contributed by atoms with Gasteiger partial charge in [0.2, 0.25) is 10.0 Å². The molecule has 6 heterocycles. The molecule has 4 N–H and O–H groups in total. The maximum absolute atomic E-state index is 11.9. The number of nitrogens with one attached hydrogen (secondary N) is 2. The minimum Gasteiger partial charge on any atom is -0.397 e. The van der Waals surface area contributed by atoms with Crippen molar-refractivity contribution in [2.75, 3.05) is 43.1 Å². The summed E-state index contributed by atoms with van der Waals surface area (Å²) in [5.41, 5.74) is 12.8. The third-order valence-electron chi connectivity index (χ3n) is 6.28. The van der Waals surface area contributed by atoms with Gasteiger partial charge in [0, 0.05) is 61.4 Å². The molecule has 0 atom stereocenters. The average Bonchev–Trinajstić information content (AvgIpc) is 3.47. The topological polar surface area (TPSA) is 150 Å². The Kier molecular flexibility index (Phi) is 4.93. The molecule has 0 radical (unpaired) electrons. The number of sulfonamides is 1. The monoisotopic (exact) mass is 489 g/mol. The van der Waals surface area contributed by atoms with Crippen molar-refractivity contribution < 1.29 is 8.42 Å². The number of piperazine rings is 1. The Morgan fingerprint density at radius 1 is 1.06 bits per heavy atom. The normalized spacial score (nSPS) is 15.3. The van der Waals surface area contributed by atoms with E-state index in [1.54, 1.807) is 18.6 Å². The van der Waals surface area contributed by atoms with Crippen molar-refractivity contribution >= 4 is 43.5 Å². The molecule has 0 bridgehead atoms. The Labute approximate surface area is 201 Å². The number of pyridine rings is 3. The molecule has 0 aromatic carbocycles. The molecule has 0 aliphatic carbocycles. The molecule has 0 spiro atoms. The number of hydrogen-bond donors (Lipinski definition) is 3. The number of H-pyrrole nitrogens is 2. The first-order valence-electron chi connectivity index (χ1n) is 11.1. The third kappa shape index (κ3) is 3.86. The van der Waals surface area contributed by atoms with E-state index in [9.17, 15) is 8.42 Å². The quantitative estimate of drug-likeness (QED) is 0.348. The molecule has 178 valence electrons. The Bertz CT molecular complexity index is 1670. The molecule has 12 heteroatoms. The maximum Gasteiger partial charge on any atom is 0.211 e. The Morgan fingerprint density at radius 2 is 1.89 bits per heavy atom. The maximum atomic E-state index is 11.9. The Balaban J connectivity index is 1.38. The van der Waals surface area contributed by atoms with E-state index in [2.05, 4.69) is 30.0 Å². The van der Waals surface area contributed by atoms with Gasteiger partial charge in [0.05, 0.1) is 28.8 Å². The summed E-state index contributed by atoms with van der Waals surface area (Å²) >= 11 is 0. The van der Waals surface area contributed by atoms with Crippen molar-refractivity contribution in [3.05, 3.63) is 48.9 Å². The molecule has 5 aromatic heterocycles. The van der Waals surface area contributed by atoms with Crippen molar-refractivity contribution in [2.45, 2.75) is 0 Å². The number of aromatic amines is 2. The molecule has 1 saturated heterocycles. The standard InChI is InChI=1S/C23H23N9O2S/c1-35(33,34)32-8-6-31(7-9-32)20-4-5-26-23-16(20)11-19(28-23)22-21-18(29-30-22)3-2-17(27-21)14-10-15(24)13-25-12-14/h2-5,10-13H,6-9,24H2,1H3,(H,26,28)(H,29,30). The van der Waals surface area contributed by atoms with Gasteiger partial charge in [-0.2, -0.15) is 9.40 Å². The second kappa shape index (κ2) is 8.03. The number of hydrogen-bond acceptors (Lipinski definition) is 8. The summed E-state index contributed by atoms with van der Waals surface area (Å²) < 4.78 is 25.3. The fourth-order valence-corrected chi connectivity index (χ4v) is 5.35. The lowest BCUT2D eigenvalue weighted by molar-refractivity contribution is 0.388. The average molecular weight is 490 g/mol. The van der Waals surface area contributed by atoms with E-state index in [0.29, 0.717) is 37.6 Å². The summed E-state index contributed by atoms with van der Waals surface area (Å²) in [6, 6.07) is 9.66. The number of fused-ring (bicyclic) bond motifs is 2. The van der Waals surface area contributed by atoms with Crippen molar-refractivity contribution in [1.82, 2.24) is 34.4 Å². The van der Waals surface area contributed by atoms with Gasteiger partial charge in [-0.05, 0) is 30.3 Å². The second-order valence-electron chi connectivity index (χ2n) is 8.60. The number of rotatable bonds is 4. The molecule has 6 rings (SSSR count). The molecule has 5 aromatic rings. The van der Waals surface area contributed by atoms with Crippen molar-refractivity contribution in [3.8, 4) is 22.6 Å². The molecule has 1 aliphatic heterocycles. The highest BCUT2D eigenvalue weighted by atomic mass is 32.2. The van der Waals surface area contributed by atoms with Gasteiger partial charge in [-0.25, -0.2) is 18.4 Å². The summed E-state index contributed by atoms with van der Waals surface area (Å²) in [5, 5.41) is 8.52. The predicted molar refractivity (Wildman–Crippen MR) is 135 cm³/mol. The lowest BCUT2D eigenvalue weighted by atomic mass is 10.1. The van der Waals surface area contributed by atoms with Gasteiger partial charge < -0.3 is 15.6 Å². The lowest BCUT2D eigenvalue weighted by Gasteiger charge is -2.34. The zero-order valence-corrected chi connectivity index (χ0v) is 19.7. The van der Waals surface area contributed by atoms with Crippen molar-refractivity contribution in [3.63, 3.8) is 0 Å². The fourth-order valence-electron chi connectivity index (χ4n) is 4.52. The summed E-state index contributed by atoms with van der Waals surface area (Å²) in [7, 11) is -3.19. The SMILES string of the molecule is CS(=O)(=O)N1CCN(c2ccnc3[nH]c(-c4n[nH]c5ccc(-c6cncc(N)c6)nc45)cc23)CC1. The van der Waals surface area contributed by atoms with Crippen molar-refractivity contribution in [2.24, 2.45) is 0 Å². The largest absolute Gasteiger partial charge is 0.397 e. The molecule has 11 nitrogen and oxygen atoms in total. The molecule has 1 aliphatic rings.